The van der Waals surface area contributed by atoms with Crippen molar-refractivity contribution in [3.8, 4) is 0 Å². The van der Waals surface area contributed by atoms with Crippen LogP contribution in [0.15, 0.2) is 30.3 Å². The van der Waals surface area contributed by atoms with Gasteiger partial charge >= 0.3 is 6.18 Å². The fraction of sp³-hybridized carbons (Fsp3) is 0.375. The van der Waals surface area contributed by atoms with Crippen LogP contribution in [0, 0.1) is 5.92 Å². The van der Waals surface area contributed by atoms with E-state index in [9.17, 15) is 22.8 Å². The van der Waals surface area contributed by atoms with E-state index in [1.165, 1.54) is 0 Å². The van der Waals surface area contributed by atoms with Gasteiger partial charge in [0, 0.05) is 0 Å². The van der Waals surface area contributed by atoms with Crippen LogP contribution in [0.5, 0.6) is 0 Å². The molecule has 3 N–H and O–H groups in total. The molecule has 0 saturated carbocycles. The first-order valence-electron chi connectivity index (χ1n) is 7.80. The SMILES string of the molecule is CC(C)C(NC(=O)Cc1ccccc1)C(=O)Nc1n[nH]c(C(F)(F)F)n1. The molecule has 0 spiro atoms. The molecule has 0 bridgehead atoms. The molecule has 2 rings (SSSR count). The predicted molar refractivity (Wildman–Crippen MR) is 86.9 cm³/mol. The van der Waals surface area contributed by atoms with E-state index >= 15 is 0 Å². The molecule has 0 aliphatic heterocycles. The predicted octanol–water partition coefficient (Wildman–Crippen LogP) is 2.15. The summed E-state index contributed by atoms with van der Waals surface area (Å²) in [6, 6.07) is 8.00. The third-order valence-corrected chi connectivity index (χ3v) is 3.46. The van der Waals surface area contributed by atoms with Crippen molar-refractivity contribution in [3.63, 3.8) is 0 Å². The van der Waals surface area contributed by atoms with Crippen molar-refractivity contribution >= 4 is 17.8 Å². The van der Waals surface area contributed by atoms with Gasteiger partial charge in [-0.15, -0.1) is 5.10 Å². The lowest BCUT2D eigenvalue weighted by atomic mass is 10.0. The Morgan fingerprint density at radius 3 is 2.38 bits per heavy atom. The Bertz CT molecular complexity index is 759. The number of hydrogen-bond donors (Lipinski definition) is 3. The molecule has 1 heterocycles. The normalized spacial score (nSPS) is 12.7. The van der Waals surface area contributed by atoms with Gasteiger partial charge in [-0.3, -0.25) is 20.0 Å². The van der Waals surface area contributed by atoms with E-state index in [1.54, 1.807) is 43.2 Å². The Kier molecular flexibility index (Phi) is 5.96. The monoisotopic (exact) mass is 369 g/mol. The van der Waals surface area contributed by atoms with Crippen LogP contribution in [0.1, 0.15) is 25.2 Å². The second kappa shape index (κ2) is 7.98. The fourth-order valence-corrected chi connectivity index (χ4v) is 2.17. The Balaban J connectivity index is 2.01. The van der Waals surface area contributed by atoms with Gasteiger partial charge in [0.15, 0.2) is 0 Å². The number of rotatable bonds is 6. The maximum Gasteiger partial charge on any atom is 0.451 e. The molecule has 0 saturated heterocycles. The largest absolute Gasteiger partial charge is 0.451 e. The summed E-state index contributed by atoms with van der Waals surface area (Å²) in [5.41, 5.74) is 0.775. The van der Waals surface area contributed by atoms with Crippen LogP contribution >= 0.6 is 0 Å². The number of aromatic nitrogens is 3. The van der Waals surface area contributed by atoms with Gasteiger partial charge in [-0.05, 0) is 11.5 Å². The van der Waals surface area contributed by atoms with Crippen LogP contribution in [0.4, 0.5) is 19.1 Å². The van der Waals surface area contributed by atoms with Gasteiger partial charge < -0.3 is 5.32 Å². The average Bonchev–Trinajstić information content (AvgIpc) is 3.02. The highest BCUT2D eigenvalue weighted by Gasteiger charge is 2.35. The molecule has 0 aliphatic rings. The number of amides is 2. The molecule has 0 radical (unpaired) electrons. The molecule has 1 atom stereocenters. The van der Waals surface area contributed by atoms with E-state index in [1.807, 2.05) is 6.07 Å². The Hall–Kier alpha value is -2.91. The first-order chi connectivity index (χ1) is 12.2. The molecule has 1 unspecified atom stereocenters. The molecule has 26 heavy (non-hydrogen) atoms. The zero-order valence-electron chi connectivity index (χ0n) is 14.1. The zero-order valence-corrected chi connectivity index (χ0v) is 14.1. The van der Waals surface area contributed by atoms with Crippen molar-refractivity contribution in [2.24, 2.45) is 5.92 Å². The zero-order chi connectivity index (χ0) is 19.3. The summed E-state index contributed by atoms with van der Waals surface area (Å²) in [6.07, 6.45) is -4.62. The maximum absolute atomic E-state index is 12.5. The van der Waals surface area contributed by atoms with Gasteiger partial charge in [-0.25, -0.2) is 0 Å². The van der Waals surface area contributed by atoms with E-state index in [4.69, 9.17) is 0 Å². The Morgan fingerprint density at radius 1 is 1.19 bits per heavy atom. The van der Waals surface area contributed by atoms with Crippen molar-refractivity contribution in [1.29, 1.82) is 0 Å². The summed E-state index contributed by atoms with van der Waals surface area (Å²) in [5, 5.41) is 9.78. The minimum absolute atomic E-state index is 0.0796. The van der Waals surface area contributed by atoms with Gasteiger partial charge in [0.1, 0.15) is 6.04 Å². The van der Waals surface area contributed by atoms with Gasteiger partial charge in [0.05, 0.1) is 6.42 Å². The summed E-state index contributed by atoms with van der Waals surface area (Å²) in [6.45, 7) is 3.40. The fourth-order valence-electron chi connectivity index (χ4n) is 2.17. The first-order valence-corrected chi connectivity index (χ1v) is 7.80. The van der Waals surface area contributed by atoms with E-state index in [0.717, 1.165) is 5.56 Å². The first kappa shape index (κ1) is 19.4. The highest BCUT2D eigenvalue weighted by Crippen LogP contribution is 2.26. The number of alkyl halides is 3. The molecule has 2 amide bonds. The molecule has 0 aliphatic carbocycles. The number of halogens is 3. The Morgan fingerprint density at radius 2 is 1.85 bits per heavy atom. The number of carbonyl (C=O) groups excluding carboxylic acids is 2. The Labute approximate surface area is 147 Å². The molecule has 1 aromatic carbocycles. The van der Waals surface area contributed by atoms with Gasteiger partial charge in [0.25, 0.3) is 0 Å². The van der Waals surface area contributed by atoms with Crippen LogP contribution < -0.4 is 10.6 Å². The number of anilines is 1. The van der Waals surface area contributed by atoms with Crippen molar-refractivity contribution < 1.29 is 22.8 Å². The molecule has 1 aromatic heterocycles. The smallest absolute Gasteiger partial charge is 0.344 e. The quantitative estimate of drug-likeness (QED) is 0.726. The minimum atomic E-state index is -4.70. The van der Waals surface area contributed by atoms with E-state index in [2.05, 4.69) is 20.7 Å². The minimum Gasteiger partial charge on any atom is -0.344 e. The highest BCUT2D eigenvalue weighted by atomic mass is 19.4. The number of hydrogen-bond acceptors (Lipinski definition) is 4. The van der Waals surface area contributed by atoms with Crippen molar-refractivity contribution in [3.05, 3.63) is 41.7 Å². The molecule has 2 aromatic rings. The lowest BCUT2D eigenvalue weighted by molar-refractivity contribution is -0.144. The summed E-state index contributed by atoms with van der Waals surface area (Å²) in [4.78, 5) is 27.6. The van der Waals surface area contributed by atoms with Gasteiger partial charge in [-0.2, -0.15) is 18.2 Å². The summed E-state index contributed by atoms with van der Waals surface area (Å²) in [5.74, 6) is -3.20. The molecular formula is C16H18F3N5O2. The number of benzene rings is 1. The van der Waals surface area contributed by atoms with Gasteiger partial charge in [0.2, 0.25) is 23.6 Å². The second-order valence-electron chi connectivity index (χ2n) is 5.95. The molecule has 0 fully saturated rings. The van der Waals surface area contributed by atoms with Crippen LogP contribution in [-0.4, -0.2) is 33.0 Å². The molecular weight excluding hydrogens is 351 g/mol. The molecule has 140 valence electrons. The summed E-state index contributed by atoms with van der Waals surface area (Å²) >= 11 is 0. The van der Waals surface area contributed by atoms with Gasteiger partial charge in [-0.1, -0.05) is 44.2 Å². The third-order valence-electron chi connectivity index (χ3n) is 3.46. The van der Waals surface area contributed by atoms with E-state index in [0.29, 0.717) is 0 Å². The van der Waals surface area contributed by atoms with Crippen molar-refractivity contribution in [2.45, 2.75) is 32.5 Å². The summed E-state index contributed by atoms with van der Waals surface area (Å²) in [7, 11) is 0. The lowest BCUT2D eigenvalue weighted by Crippen LogP contribution is -2.47. The maximum atomic E-state index is 12.5. The number of nitrogens with one attached hydrogen (secondary N) is 3. The van der Waals surface area contributed by atoms with Crippen molar-refractivity contribution in [1.82, 2.24) is 20.5 Å². The number of nitrogens with zero attached hydrogens (tertiary/aromatic N) is 2. The molecule has 10 heteroatoms. The van der Waals surface area contributed by atoms with Crippen molar-refractivity contribution in [2.75, 3.05) is 5.32 Å². The van der Waals surface area contributed by atoms with E-state index < -0.39 is 29.9 Å². The topological polar surface area (TPSA) is 99.8 Å². The van der Waals surface area contributed by atoms with E-state index in [-0.39, 0.29) is 18.2 Å². The highest BCUT2D eigenvalue weighted by molar-refractivity contribution is 5.96. The average molecular weight is 369 g/mol. The third kappa shape index (κ3) is 5.30. The lowest BCUT2D eigenvalue weighted by Gasteiger charge is -2.21. The number of carbonyl (C=O) groups is 2. The van der Waals surface area contributed by atoms with Crippen LogP contribution in [-0.2, 0) is 22.2 Å². The van der Waals surface area contributed by atoms with Crippen LogP contribution in [0.25, 0.3) is 0 Å². The van der Waals surface area contributed by atoms with Crippen LogP contribution in [0.2, 0.25) is 0 Å². The standard InChI is InChI=1S/C16H18F3N5O2/c1-9(2)12(20-11(25)8-10-6-4-3-5-7-10)13(26)21-15-22-14(23-24-15)16(17,18)19/h3-7,9,12H,8H2,1-2H3,(H,20,25)(H2,21,22,23,24,26). The molecule has 7 nitrogen and oxygen atoms in total. The number of aromatic amines is 1. The van der Waals surface area contributed by atoms with Crippen LogP contribution in [0.3, 0.4) is 0 Å². The number of H-pyrrole nitrogens is 1. The summed E-state index contributed by atoms with van der Waals surface area (Å²) < 4.78 is 37.5. The second-order valence-corrected chi connectivity index (χ2v) is 5.95.